The van der Waals surface area contributed by atoms with E-state index in [4.69, 9.17) is 0 Å². The summed E-state index contributed by atoms with van der Waals surface area (Å²) in [5.41, 5.74) is 0.532. The number of carbonyl (C=O) groups is 1. The molecule has 0 saturated carbocycles. The molecule has 16 heavy (non-hydrogen) atoms. The molecule has 1 saturated heterocycles. The van der Waals surface area contributed by atoms with Crippen molar-refractivity contribution in [3.8, 4) is 0 Å². The van der Waals surface area contributed by atoms with Crippen molar-refractivity contribution in [2.75, 3.05) is 19.6 Å². The Morgan fingerprint density at radius 2 is 1.81 bits per heavy atom. The predicted molar refractivity (Wildman–Crippen MR) is 68.5 cm³/mol. The van der Waals surface area contributed by atoms with Crippen LogP contribution in [0, 0.1) is 11.3 Å². The van der Waals surface area contributed by atoms with Crippen LogP contribution in [0.5, 0.6) is 0 Å². The third kappa shape index (κ3) is 4.65. The Morgan fingerprint density at radius 3 is 2.31 bits per heavy atom. The molecule has 0 radical (unpaired) electrons. The second-order valence-corrected chi connectivity index (χ2v) is 6.23. The van der Waals surface area contributed by atoms with Crippen molar-refractivity contribution in [2.24, 2.45) is 11.3 Å². The van der Waals surface area contributed by atoms with Crippen molar-refractivity contribution in [2.45, 2.75) is 53.4 Å². The summed E-state index contributed by atoms with van der Waals surface area (Å²) in [6.45, 7) is 12.2. The summed E-state index contributed by atoms with van der Waals surface area (Å²) >= 11 is 0. The third-order valence-corrected chi connectivity index (χ3v) is 3.75. The molecular weight excluding hydrogens is 198 g/mol. The lowest BCUT2D eigenvalue weighted by Crippen LogP contribution is -2.37. The summed E-state index contributed by atoms with van der Waals surface area (Å²) in [4.78, 5) is 14.0. The Bertz CT molecular complexity index is 223. The van der Waals surface area contributed by atoms with Crippen molar-refractivity contribution in [1.82, 2.24) is 4.90 Å². The van der Waals surface area contributed by atoms with Gasteiger partial charge in [-0.15, -0.1) is 0 Å². The molecule has 0 aromatic carbocycles. The zero-order chi connectivity index (χ0) is 12.2. The molecule has 1 aliphatic rings. The minimum absolute atomic E-state index is 0.209. The Morgan fingerprint density at radius 1 is 1.25 bits per heavy atom. The number of piperidine rings is 1. The molecule has 1 rings (SSSR count). The first-order chi connectivity index (χ1) is 7.41. The summed E-state index contributed by atoms with van der Waals surface area (Å²) < 4.78 is 0. The predicted octanol–water partition coefficient (Wildman–Crippen LogP) is 3.11. The Kier molecular flexibility index (Phi) is 4.97. The molecule has 0 atom stereocenters. The zero-order valence-electron chi connectivity index (χ0n) is 11.4. The number of Topliss-reactive ketones (excluding diaryl/α,β-unsaturated/α-hetero) is 1. The molecule has 1 fully saturated rings. The molecule has 1 heterocycles. The molecule has 2 heteroatoms. The van der Waals surface area contributed by atoms with Crippen LogP contribution in [0.25, 0.3) is 0 Å². The number of rotatable bonds is 5. The average Bonchev–Trinajstić information content (AvgIpc) is 2.20. The molecule has 0 unspecified atom stereocenters. The second-order valence-electron chi connectivity index (χ2n) is 6.23. The maximum absolute atomic E-state index is 11.5. The molecule has 0 aromatic heterocycles. The molecule has 94 valence electrons. The Balaban J connectivity index is 2.13. The van der Waals surface area contributed by atoms with Crippen LogP contribution in [0.2, 0.25) is 0 Å². The van der Waals surface area contributed by atoms with Gasteiger partial charge in [0.1, 0.15) is 5.78 Å². The van der Waals surface area contributed by atoms with Crippen LogP contribution in [0.3, 0.4) is 0 Å². The third-order valence-electron chi connectivity index (χ3n) is 3.75. The highest BCUT2D eigenvalue weighted by Crippen LogP contribution is 2.29. The van der Waals surface area contributed by atoms with Crippen LogP contribution in [-0.2, 0) is 4.79 Å². The van der Waals surface area contributed by atoms with E-state index < -0.39 is 0 Å². The minimum Gasteiger partial charge on any atom is -0.303 e. The van der Waals surface area contributed by atoms with Crippen LogP contribution in [0.1, 0.15) is 53.4 Å². The van der Waals surface area contributed by atoms with E-state index in [9.17, 15) is 4.79 Å². The Hall–Kier alpha value is -0.370. The smallest absolute Gasteiger partial charge is 0.135 e. The van der Waals surface area contributed by atoms with Gasteiger partial charge in [0, 0.05) is 12.3 Å². The normalized spacial score (nSPS) is 21.3. The van der Waals surface area contributed by atoms with E-state index in [-0.39, 0.29) is 5.92 Å². The number of carbonyl (C=O) groups excluding carboxylic acids is 1. The van der Waals surface area contributed by atoms with Crippen molar-refractivity contribution >= 4 is 5.78 Å². The van der Waals surface area contributed by atoms with Gasteiger partial charge in [0.05, 0.1) is 0 Å². The van der Waals surface area contributed by atoms with Gasteiger partial charge < -0.3 is 4.90 Å². The van der Waals surface area contributed by atoms with E-state index in [1.54, 1.807) is 0 Å². The lowest BCUT2D eigenvalue weighted by molar-refractivity contribution is -0.122. The van der Waals surface area contributed by atoms with Gasteiger partial charge in [-0.25, -0.2) is 0 Å². The first kappa shape index (κ1) is 13.7. The molecule has 0 N–H and O–H groups in total. The standard InChI is InChI=1S/C14H27NO/c1-12(2)13(16)6-5-9-15-10-7-14(3,4)8-11-15/h12H,5-11H2,1-4H3. The zero-order valence-corrected chi connectivity index (χ0v) is 11.4. The van der Waals surface area contributed by atoms with Gasteiger partial charge >= 0.3 is 0 Å². The second kappa shape index (κ2) is 5.81. The molecule has 0 bridgehead atoms. The fraction of sp³-hybridized carbons (Fsp3) is 0.929. The van der Waals surface area contributed by atoms with Gasteiger partial charge in [-0.1, -0.05) is 27.7 Å². The van der Waals surface area contributed by atoms with Crippen LogP contribution >= 0.6 is 0 Å². The van der Waals surface area contributed by atoms with E-state index in [0.717, 1.165) is 19.4 Å². The SMILES string of the molecule is CC(C)C(=O)CCCN1CCC(C)(C)CC1. The van der Waals surface area contributed by atoms with Gasteiger partial charge in [-0.3, -0.25) is 4.79 Å². The average molecular weight is 225 g/mol. The highest BCUT2D eigenvalue weighted by molar-refractivity contribution is 5.80. The summed E-state index contributed by atoms with van der Waals surface area (Å²) in [5, 5.41) is 0. The van der Waals surface area contributed by atoms with Crippen molar-refractivity contribution < 1.29 is 4.79 Å². The molecule has 0 amide bonds. The van der Waals surface area contributed by atoms with Crippen molar-refractivity contribution in [3.63, 3.8) is 0 Å². The van der Waals surface area contributed by atoms with Gasteiger partial charge in [-0.2, -0.15) is 0 Å². The monoisotopic (exact) mass is 225 g/mol. The number of hydrogen-bond acceptors (Lipinski definition) is 2. The summed E-state index contributed by atoms with van der Waals surface area (Å²) in [7, 11) is 0. The van der Waals surface area contributed by atoms with Crippen LogP contribution in [-0.4, -0.2) is 30.3 Å². The van der Waals surface area contributed by atoms with Gasteiger partial charge in [0.2, 0.25) is 0 Å². The van der Waals surface area contributed by atoms with Crippen molar-refractivity contribution in [1.29, 1.82) is 0 Å². The van der Waals surface area contributed by atoms with Crippen molar-refractivity contribution in [3.05, 3.63) is 0 Å². The van der Waals surface area contributed by atoms with Gasteiger partial charge in [0.25, 0.3) is 0 Å². The van der Waals surface area contributed by atoms with E-state index in [1.165, 1.54) is 25.9 Å². The Labute approximate surface area is 100 Å². The molecule has 2 nitrogen and oxygen atoms in total. The maximum atomic E-state index is 11.5. The molecule has 0 aromatic rings. The number of ketones is 1. The molecule has 0 spiro atoms. The lowest BCUT2D eigenvalue weighted by atomic mass is 9.82. The number of nitrogens with zero attached hydrogens (tertiary/aromatic N) is 1. The minimum atomic E-state index is 0.209. The quantitative estimate of drug-likeness (QED) is 0.716. The maximum Gasteiger partial charge on any atom is 0.135 e. The van der Waals surface area contributed by atoms with Gasteiger partial charge in [0.15, 0.2) is 0 Å². The number of hydrogen-bond donors (Lipinski definition) is 0. The van der Waals surface area contributed by atoms with E-state index in [0.29, 0.717) is 11.2 Å². The van der Waals surface area contributed by atoms with Gasteiger partial charge in [-0.05, 0) is 44.3 Å². The molecule has 1 aliphatic heterocycles. The highest BCUT2D eigenvalue weighted by Gasteiger charge is 2.24. The molecular formula is C14H27NO. The topological polar surface area (TPSA) is 20.3 Å². The largest absolute Gasteiger partial charge is 0.303 e. The summed E-state index contributed by atoms with van der Waals surface area (Å²) in [6, 6.07) is 0. The highest BCUT2D eigenvalue weighted by atomic mass is 16.1. The first-order valence-corrected chi connectivity index (χ1v) is 6.66. The summed E-state index contributed by atoms with van der Waals surface area (Å²) in [6.07, 6.45) is 4.39. The van der Waals surface area contributed by atoms with Crippen LogP contribution < -0.4 is 0 Å². The number of likely N-dealkylation sites (tertiary alicyclic amines) is 1. The molecule has 0 aliphatic carbocycles. The van der Waals surface area contributed by atoms with E-state index in [1.807, 2.05) is 13.8 Å². The van der Waals surface area contributed by atoms with E-state index in [2.05, 4.69) is 18.7 Å². The lowest BCUT2D eigenvalue weighted by Gasteiger charge is -2.36. The van der Waals surface area contributed by atoms with E-state index >= 15 is 0 Å². The summed E-state index contributed by atoms with van der Waals surface area (Å²) in [5.74, 6) is 0.623. The first-order valence-electron chi connectivity index (χ1n) is 6.66. The van der Waals surface area contributed by atoms with Crippen LogP contribution in [0.15, 0.2) is 0 Å². The fourth-order valence-electron chi connectivity index (χ4n) is 2.15. The van der Waals surface area contributed by atoms with Crippen LogP contribution in [0.4, 0.5) is 0 Å². The fourth-order valence-corrected chi connectivity index (χ4v) is 2.15.